The van der Waals surface area contributed by atoms with Crippen molar-refractivity contribution in [2.45, 2.75) is 20.4 Å². The van der Waals surface area contributed by atoms with Gasteiger partial charge in [-0.2, -0.15) is 10.2 Å². The summed E-state index contributed by atoms with van der Waals surface area (Å²) in [5, 5.41) is 9.37. The number of methoxy groups -OCH3 is 1. The van der Waals surface area contributed by atoms with Crippen LogP contribution in [0, 0.1) is 18.3 Å². The number of carbonyl (C=O) groups excluding carboxylic acids is 1. The fourth-order valence-corrected chi connectivity index (χ4v) is 4.59. The van der Waals surface area contributed by atoms with E-state index in [0.29, 0.717) is 29.6 Å². The Morgan fingerprint density at radius 2 is 1.94 bits per heavy atom. The zero-order valence-electron chi connectivity index (χ0n) is 17.5. The van der Waals surface area contributed by atoms with Gasteiger partial charge in [0.2, 0.25) is 0 Å². The molecule has 7 heteroatoms. The lowest BCUT2D eigenvalue weighted by Crippen LogP contribution is -2.07. The van der Waals surface area contributed by atoms with Gasteiger partial charge in [0.15, 0.2) is 0 Å². The summed E-state index contributed by atoms with van der Waals surface area (Å²) in [5.74, 6) is -0.379. The van der Waals surface area contributed by atoms with Crippen molar-refractivity contribution in [2.75, 3.05) is 13.7 Å². The van der Waals surface area contributed by atoms with Gasteiger partial charge in [0.1, 0.15) is 10.4 Å². The molecule has 0 aliphatic heterocycles. The van der Waals surface area contributed by atoms with Crippen LogP contribution in [0.15, 0.2) is 48.5 Å². The molecule has 0 amide bonds. The largest absolute Gasteiger partial charge is 0.465 e. The van der Waals surface area contributed by atoms with Gasteiger partial charge in [-0.1, -0.05) is 42.5 Å². The van der Waals surface area contributed by atoms with Crippen molar-refractivity contribution < 1.29 is 14.3 Å². The lowest BCUT2D eigenvalue weighted by molar-refractivity contribution is 0.0608. The number of aromatic nitrogens is 2. The Labute approximate surface area is 184 Å². The van der Waals surface area contributed by atoms with Crippen molar-refractivity contribution in [3.63, 3.8) is 0 Å². The van der Waals surface area contributed by atoms with Crippen molar-refractivity contribution in [1.29, 1.82) is 5.26 Å². The van der Waals surface area contributed by atoms with Crippen molar-refractivity contribution in [1.82, 2.24) is 9.55 Å². The molecule has 6 nitrogen and oxygen atoms in total. The number of nitrogens with zero attached hydrogens (tertiary/aromatic N) is 3. The second kappa shape index (κ2) is 8.62. The Balaban J connectivity index is 1.75. The van der Waals surface area contributed by atoms with E-state index in [2.05, 4.69) is 11.1 Å². The molecule has 4 aromatic rings. The number of aryl methyl sites for hydroxylation is 1. The number of hydrogen-bond donors (Lipinski definition) is 0. The normalized spacial score (nSPS) is 10.8. The molecule has 2 aromatic carbocycles. The Kier molecular flexibility index (Phi) is 5.74. The van der Waals surface area contributed by atoms with E-state index in [1.165, 1.54) is 18.4 Å². The van der Waals surface area contributed by atoms with Crippen LogP contribution in [0.1, 0.15) is 32.6 Å². The fraction of sp³-hybridized carbons (Fsp3) is 0.208. The Morgan fingerprint density at radius 3 is 2.61 bits per heavy atom. The zero-order valence-corrected chi connectivity index (χ0v) is 18.3. The van der Waals surface area contributed by atoms with Crippen molar-refractivity contribution in [3.05, 3.63) is 69.4 Å². The number of thiophene rings is 1. The van der Waals surface area contributed by atoms with Gasteiger partial charge in [-0.15, -0.1) is 11.3 Å². The van der Waals surface area contributed by atoms with Gasteiger partial charge in [0, 0.05) is 4.88 Å². The minimum atomic E-state index is -0.379. The Bertz CT molecular complexity index is 1300. The second-order valence-corrected chi connectivity index (χ2v) is 8.17. The average Bonchev–Trinajstić information content (AvgIpc) is 3.31. The highest BCUT2D eigenvalue weighted by Gasteiger charge is 2.24. The molecule has 0 fully saturated rings. The molecular weight excluding hydrogens is 410 g/mol. The predicted molar refractivity (Wildman–Crippen MR) is 121 cm³/mol. The van der Waals surface area contributed by atoms with Gasteiger partial charge >= 0.3 is 5.97 Å². The number of fused-ring (bicyclic) bond motifs is 1. The maximum Gasteiger partial charge on any atom is 0.350 e. The minimum Gasteiger partial charge on any atom is -0.465 e. The SMILES string of the molecule is CCOc1nc2c(C)sc(C(=O)OC)c2n1Cc1ccc(-c2ccccc2C#N)cc1. The first-order valence-corrected chi connectivity index (χ1v) is 10.7. The molecule has 156 valence electrons. The molecule has 0 saturated heterocycles. The highest BCUT2D eigenvalue weighted by Crippen LogP contribution is 2.35. The Morgan fingerprint density at radius 1 is 1.19 bits per heavy atom. The molecule has 0 saturated carbocycles. The van der Waals surface area contributed by atoms with Crippen LogP contribution in [0.5, 0.6) is 6.01 Å². The third-order valence-electron chi connectivity index (χ3n) is 5.03. The van der Waals surface area contributed by atoms with Crippen molar-refractivity contribution >= 4 is 28.3 Å². The summed E-state index contributed by atoms with van der Waals surface area (Å²) >= 11 is 1.38. The number of imidazole rings is 1. The third-order valence-corrected chi connectivity index (χ3v) is 6.10. The van der Waals surface area contributed by atoms with E-state index in [-0.39, 0.29) is 5.97 Å². The van der Waals surface area contributed by atoms with Gasteiger partial charge in [0.05, 0.1) is 37.4 Å². The number of ether oxygens (including phenoxy) is 2. The summed E-state index contributed by atoms with van der Waals surface area (Å²) in [6.07, 6.45) is 0. The molecule has 2 aromatic heterocycles. The standard InChI is InChI=1S/C24H21N3O3S/c1-4-30-24-26-20-15(2)31-22(23(28)29-3)21(20)27(24)14-16-9-11-17(12-10-16)19-8-6-5-7-18(19)13-25/h5-12H,4,14H2,1-3H3. The van der Waals surface area contributed by atoms with Gasteiger partial charge in [-0.3, -0.25) is 4.57 Å². The van der Waals surface area contributed by atoms with E-state index in [4.69, 9.17) is 9.47 Å². The molecule has 0 N–H and O–H groups in total. The lowest BCUT2D eigenvalue weighted by atomic mass is 9.99. The molecular formula is C24H21N3O3S. The number of esters is 1. The summed E-state index contributed by atoms with van der Waals surface area (Å²) in [7, 11) is 1.38. The first kappa shape index (κ1) is 20.6. The third kappa shape index (κ3) is 3.78. The van der Waals surface area contributed by atoms with Gasteiger partial charge in [-0.25, -0.2) is 4.79 Å². The van der Waals surface area contributed by atoms with Crippen LogP contribution in [-0.4, -0.2) is 29.2 Å². The van der Waals surface area contributed by atoms with E-state index in [1.807, 2.05) is 66.9 Å². The molecule has 0 radical (unpaired) electrons. The summed E-state index contributed by atoms with van der Waals surface area (Å²) in [6.45, 7) is 4.81. The molecule has 0 aliphatic carbocycles. The molecule has 0 spiro atoms. The van der Waals surface area contributed by atoms with Crippen molar-refractivity contribution in [2.24, 2.45) is 0 Å². The number of rotatable bonds is 6. The summed E-state index contributed by atoms with van der Waals surface area (Å²) in [6, 6.07) is 18.3. The monoisotopic (exact) mass is 431 g/mol. The number of benzene rings is 2. The molecule has 31 heavy (non-hydrogen) atoms. The molecule has 0 aliphatic rings. The fourth-order valence-electron chi connectivity index (χ4n) is 3.58. The van der Waals surface area contributed by atoms with Crippen LogP contribution in [-0.2, 0) is 11.3 Å². The topological polar surface area (TPSA) is 77.1 Å². The van der Waals surface area contributed by atoms with Crippen LogP contribution < -0.4 is 4.74 Å². The van der Waals surface area contributed by atoms with Gasteiger partial charge < -0.3 is 9.47 Å². The smallest absolute Gasteiger partial charge is 0.350 e. The molecule has 4 rings (SSSR count). The summed E-state index contributed by atoms with van der Waals surface area (Å²) in [5.41, 5.74) is 5.03. The summed E-state index contributed by atoms with van der Waals surface area (Å²) < 4.78 is 12.7. The van der Waals surface area contributed by atoms with Crippen molar-refractivity contribution in [3.8, 4) is 23.2 Å². The van der Waals surface area contributed by atoms with Crippen LogP contribution in [0.25, 0.3) is 22.2 Å². The van der Waals surface area contributed by atoms with Crippen LogP contribution in [0.3, 0.4) is 0 Å². The van der Waals surface area contributed by atoms with E-state index in [9.17, 15) is 10.1 Å². The van der Waals surface area contributed by atoms with Crippen LogP contribution >= 0.6 is 11.3 Å². The second-order valence-electron chi connectivity index (χ2n) is 6.94. The highest BCUT2D eigenvalue weighted by molar-refractivity contribution is 7.15. The highest BCUT2D eigenvalue weighted by atomic mass is 32.1. The first-order chi connectivity index (χ1) is 15.1. The van der Waals surface area contributed by atoms with Gasteiger partial charge in [-0.05, 0) is 36.6 Å². The molecule has 0 atom stereocenters. The molecule has 2 heterocycles. The van der Waals surface area contributed by atoms with E-state index >= 15 is 0 Å². The van der Waals surface area contributed by atoms with Gasteiger partial charge in [0.25, 0.3) is 6.01 Å². The zero-order chi connectivity index (χ0) is 22.0. The first-order valence-electron chi connectivity index (χ1n) is 9.86. The van der Waals surface area contributed by atoms with E-state index < -0.39 is 0 Å². The number of carbonyl (C=O) groups is 1. The van der Waals surface area contributed by atoms with E-state index in [1.54, 1.807) is 0 Å². The predicted octanol–water partition coefficient (Wildman–Crippen LogP) is 5.18. The summed E-state index contributed by atoms with van der Waals surface area (Å²) in [4.78, 5) is 18.4. The van der Waals surface area contributed by atoms with Crippen LogP contribution in [0.2, 0.25) is 0 Å². The Hall–Kier alpha value is -3.63. The quantitative estimate of drug-likeness (QED) is 0.393. The molecule has 0 bridgehead atoms. The number of nitriles is 1. The molecule has 0 unspecified atom stereocenters. The maximum atomic E-state index is 12.4. The minimum absolute atomic E-state index is 0.379. The van der Waals surface area contributed by atoms with Crippen LogP contribution in [0.4, 0.5) is 0 Å². The lowest BCUT2D eigenvalue weighted by Gasteiger charge is -2.11. The number of hydrogen-bond acceptors (Lipinski definition) is 6. The maximum absolute atomic E-state index is 12.4. The van der Waals surface area contributed by atoms with E-state index in [0.717, 1.165) is 32.6 Å². The average molecular weight is 432 g/mol.